The van der Waals surface area contributed by atoms with Crippen LogP contribution in [0, 0.1) is 23.7 Å². The summed E-state index contributed by atoms with van der Waals surface area (Å²) in [6.07, 6.45) is 11.5. The zero-order valence-corrected chi connectivity index (χ0v) is 34.7. The van der Waals surface area contributed by atoms with E-state index in [2.05, 4.69) is 0 Å². The van der Waals surface area contributed by atoms with Crippen LogP contribution >= 0.6 is 0 Å². The van der Waals surface area contributed by atoms with E-state index in [1.54, 1.807) is 24.8 Å². The molecule has 2 aliphatic carbocycles. The maximum atomic E-state index is 12.1. The number of carboxylic acids is 2. The van der Waals surface area contributed by atoms with Crippen molar-refractivity contribution in [2.24, 2.45) is 53.6 Å². The molecular weight excluding hydrogens is 821 g/mol. The first-order valence-corrected chi connectivity index (χ1v) is 23.0. The molecule has 4 aliphatic heterocycles. The van der Waals surface area contributed by atoms with Gasteiger partial charge in [-0.1, -0.05) is 0 Å². The quantitative estimate of drug-likeness (QED) is 0.199. The standard InChI is InChI=1S/C44H38N12O6Si/c57-43(58)25-13-9-23(10-14-25)21-61-63(62-22-24-11-15-26(16-12-24)44(59)60)55-40-29-7-3-19-47-33(29)41(55)51-35-27-5-1-17-45-31(27)37(49-35)53-39-30-8-4-20-48-34(30)42(56(39)63)52-36-28-6-2-18-46-32(28)38(50-36)54-40/h1-8,17-20,23-26H,9-16,21-22H2,(H,57,58)(H,59,60)/b51-35-,51-41?,52-36?,52-42-,53-37?,53-39-,54-38-,54-40?. The van der Waals surface area contributed by atoms with E-state index in [0.717, 1.165) is 0 Å². The molecule has 0 aromatic carbocycles. The number of aliphatic imine (C=N–C) groups is 4. The molecule has 6 aromatic heterocycles. The Balaban J connectivity index is 1.21. The largest absolute Gasteiger partial charge is 0.603 e. The maximum absolute atomic E-state index is 12.1. The molecule has 6 aliphatic rings. The summed E-state index contributed by atoms with van der Waals surface area (Å²) >= 11 is 0. The lowest BCUT2D eigenvalue weighted by atomic mass is 9.82. The maximum Gasteiger partial charge on any atom is 0.603 e. The van der Waals surface area contributed by atoms with Gasteiger partial charge in [-0.15, -0.1) is 0 Å². The summed E-state index contributed by atoms with van der Waals surface area (Å²) in [5.41, 5.74) is 4.28. The summed E-state index contributed by atoms with van der Waals surface area (Å²) in [5.74, 6) is -0.224. The van der Waals surface area contributed by atoms with Crippen molar-refractivity contribution in [3.05, 3.63) is 107 Å². The lowest BCUT2D eigenvalue weighted by Gasteiger charge is -2.37. The highest BCUT2D eigenvalue weighted by Crippen LogP contribution is 2.43. The van der Waals surface area contributed by atoms with Gasteiger partial charge in [0.2, 0.25) is 0 Å². The number of hydrogen-bond acceptors (Lipinski definition) is 14. The highest BCUT2D eigenvalue weighted by molar-refractivity contribution is 6.66. The molecule has 6 aromatic rings. The van der Waals surface area contributed by atoms with E-state index in [-0.39, 0.29) is 25.0 Å². The minimum atomic E-state index is -4.49. The summed E-state index contributed by atoms with van der Waals surface area (Å²) in [6.45, 7) is 0.398. The average molecular weight is 859 g/mol. The molecule has 2 fully saturated rings. The first kappa shape index (κ1) is 37.8. The van der Waals surface area contributed by atoms with Crippen LogP contribution in [0.5, 0.6) is 0 Å². The Labute approximate surface area is 358 Å². The Bertz CT molecular complexity index is 3010. The van der Waals surface area contributed by atoms with E-state index in [9.17, 15) is 19.8 Å². The van der Waals surface area contributed by atoms with Gasteiger partial charge in [0.15, 0.2) is 34.6 Å². The molecule has 10 heterocycles. The SMILES string of the molecule is O=C(O)C1CCC(CO[Si]2(OCC3CCC(C(=O)O)CC3)n3c4c5cccnc5c3/N=C3N=C(/N=c5/c6cccnc6/c(n52)=N/C2=NC(=N\4)/c4ncccc42)c2ncccc2\3)CC1. The Morgan fingerprint density at radius 3 is 1.65 bits per heavy atom. The van der Waals surface area contributed by atoms with Crippen molar-refractivity contribution in [3.8, 4) is 0 Å². The number of aliphatic carboxylic acids is 2. The van der Waals surface area contributed by atoms with Crippen LogP contribution in [-0.4, -0.2) is 96.0 Å². The van der Waals surface area contributed by atoms with Crippen molar-refractivity contribution in [3.63, 3.8) is 0 Å². The van der Waals surface area contributed by atoms with Gasteiger partial charge in [-0.3, -0.25) is 38.0 Å². The van der Waals surface area contributed by atoms with Crippen LogP contribution in [0.1, 0.15) is 73.9 Å². The van der Waals surface area contributed by atoms with Crippen LogP contribution in [0.15, 0.2) is 103 Å². The summed E-state index contributed by atoms with van der Waals surface area (Å²) in [7, 11) is -4.49. The third-order valence-electron chi connectivity index (χ3n) is 13.1. The Hall–Kier alpha value is -6.96. The lowest BCUT2D eigenvalue weighted by Crippen LogP contribution is -2.64. The van der Waals surface area contributed by atoms with E-state index in [1.165, 1.54) is 0 Å². The highest BCUT2D eigenvalue weighted by Gasteiger charge is 2.54. The van der Waals surface area contributed by atoms with Crippen LogP contribution in [0.2, 0.25) is 0 Å². The number of carboxylic acid groups (broad SMARTS) is 2. The third-order valence-corrected chi connectivity index (χ3v) is 16.2. The molecule has 19 heteroatoms. The molecule has 2 N–H and O–H groups in total. The second-order valence-electron chi connectivity index (χ2n) is 16.8. The number of pyridine rings is 4. The lowest BCUT2D eigenvalue weighted by molar-refractivity contribution is -0.144. The first-order valence-electron chi connectivity index (χ1n) is 21.3. The molecule has 18 nitrogen and oxygen atoms in total. The van der Waals surface area contributed by atoms with Gasteiger partial charge in [0.1, 0.15) is 33.7 Å². The van der Waals surface area contributed by atoms with Crippen molar-refractivity contribution < 1.29 is 28.7 Å². The number of fused-ring (bicyclic) bond motifs is 14. The van der Waals surface area contributed by atoms with Gasteiger partial charge in [0.05, 0.1) is 11.8 Å². The first-order chi connectivity index (χ1) is 30.8. The van der Waals surface area contributed by atoms with Crippen molar-refractivity contribution >= 4 is 77.6 Å². The van der Waals surface area contributed by atoms with Gasteiger partial charge in [0, 0.05) is 59.9 Å². The third kappa shape index (κ3) is 5.97. The summed E-state index contributed by atoms with van der Waals surface area (Å²) in [5, 5.41) is 21.1. The van der Waals surface area contributed by atoms with Gasteiger partial charge in [0.25, 0.3) is 0 Å². The molecule has 0 radical (unpaired) electrons. The predicted octanol–water partition coefficient (Wildman–Crippen LogP) is 4.77. The van der Waals surface area contributed by atoms with Crippen molar-refractivity contribution in [2.45, 2.75) is 51.4 Å². The molecule has 314 valence electrons. The summed E-state index contributed by atoms with van der Waals surface area (Å²) < 4.78 is 19.2. The second kappa shape index (κ2) is 14.6. The summed E-state index contributed by atoms with van der Waals surface area (Å²) in [4.78, 5) is 75.2. The van der Waals surface area contributed by atoms with E-state index in [4.69, 9.17) is 58.7 Å². The summed E-state index contributed by atoms with van der Waals surface area (Å²) in [6, 6.07) is 15.1. The van der Waals surface area contributed by atoms with Crippen molar-refractivity contribution in [1.29, 1.82) is 0 Å². The Morgan fingerprint density at radius 2 is 1.03 bits per heavy atom. The van der Waals surface area contributed by atoms with E-state index in [0.29, 0.717) is 142 Å². The smallest absolute Gasteiger partial charge is 0.481 e. The topological polar surface area (TPSA) is 229 Å². The molecule has 0 spiro atoms. The molecule has 0 amide bonds. The molecule has 0 saturated heterocycles. The van der Waals surface area contributed by atoms with E-state index in [1.807, 2.05) is 57.0 Å². The fourth-order valence-electron chi connectivity index (χ4n) is 9.83. The molecule has 0 unspecified atom stereocenters. The fourth-order valence-corrected chi connectivity index (χ4v) is 13.3. The Morgan fingerprint density at radius 1 is 0.540 bits per heavy atom. The average Bonchev–Trinajstić information content (AvgIpc) is 4.03. The number of carbonyl (C=O) groups is 2. The molecule has 0 atom stereocenters. The molecule has 12 rings (SSSR count). The highest BCUT2D eigenvalue weighted by atomic mass is 28.4. The number of aromatic nitrogens is 6. The number of amidine groups is 4. The van der Waals surface area contributed by atoms with Crippen LogP contribution in [-0.2, 0) is 18.4 Å². The van der Waals surface area contributed by atoms with E-state index < -0.39 is 32.7 Å². The van der Waals surface area contributed by atoms with Gasteiger partial charge >= 0.3 is 20.8 Å². The Kier molecular flexibility index (Phi) is 8.73. The van der Waals surface area contributed by atoms with Gasteiger partial charge < -0.3 is 19.1 Å². The van der Waals surface area contributed by atoms with E-state index >= 15 is 0 Å². The predicted molar refractivity (Wildman–Crippen MR) is 230 cm³/mol. The number of hydrogen-bond donors (Lipinski definition) is 2. The van der Waals surface area contributed by atoms with Crippen molar-refractivity contribution in [1.82, 2.24) is 28.4 Å². The minimum Gasteiger partial charge on any atom is -0.481 e. The van der Waals surface area contributed by atoms with Gasteiger partial charge in [-0.2, -0.15) is 0 Å². The fraction of sp³-hybridized carbons (Fsp3) is 0.318. The molecule has 6 bridgehead atoms. The normalized spacial score (nSPS) is 27.0. The molecule has 2 saturated carbocycles. The van der Waals surface area contributed by atoms with Gasteiger partial charge in [-0.25, -0.2) is 30.0 Å². The number of rotatable bonds is 8. The molecular formula is C44H38N12O6Si. The zero-order chi connectivity index (χ0) is 42.4. The second-order valence-corrected chi connectivity index (χ2v) is 19.4. The van der Waals surface area contributed by atoms with Crippen LogP contribution < -0.4 is 11.0 Å². The molecule has 63 heavy (non-hydrogen) atoms. The minimum absolute atomic E-state index is 0.0116. The van der Waals surface area contributed by atoms with Crippen LogP contribution in [0.25, 0.3) is 21.8 Å². The van der Waals surface area contributed by atoms with Crippen molar-refractivity contribution in [2.75, 3.05) is 13.2 Å². The monoisotopic (exact) mass is 858 g/mol. The van der Waals surface area contributed by atoms with Gasteiger partial charge in [-0.05, 0) is 112 Å². The number of nitrogens with zero attached hydrogens (tertiary/aromatic N) is 12. The zero-order valence-electron chi connectivity index (χ0n) is 33.7. The van der Waals surface area contributed by atoms with Crippen LogP contribution in [0.3, 0.4) is 0 Å². The van der Waals surface area contributed by atoms with Crippen LogP contribution in [0.4, 0.5) is 11.6 Å².